The summed E-state index contributed by atoms with van der Waals surface area (Å²) < 4.78 is 68.2. The Kier molecular flexibility index (Phi) is 15.1. The Bertz CT molecular complexity index is 2320. The first kappa shape index (κ1) is 50.0. The first-order chi connectivity index (χ1) is 32.6. The standard InChI is InChI=1S/C49H64B2N5O11P/c1-31(2)56(32(3)4)68(26-39(57)64-46(5,6)22-23-52)67-43-41-45(51)65-47(43,28-61-41)27-55-24-36(53-54-55)25-60-42-40-44(50)66-48(42,29-62-40)30-63-49(33-12-10-9-11-13-33,34-14-18-37(58-7)19-15-34)35-16-20-38(59-8)21-17-35/h9-21,24,31-32,40-45H,22,25-30,50-51H2,1-8H3/t40?,41?,42?,43?,44-,45-,47+,48-,68?/m1/s1. The summed E-state index contributed by atoms with van der Waals surface area (Å²) in [6.45, 7) is 13.0. The van der Waals surface area contributed by atoms with E-state index in [9.17, 15) is 10.1 Å². The second-order valence-electron chi connectivity index (χ2n) is 19.4. The van der Waals surface area contributed by atoms with Gasteiger partial charge < -0.3 is 47.2 Å². The van der Waals surface area contributed by atoms with Crippen LogP contribution < -0.4 is 9.47 Å². The lowest BCUT2D eigenvalue weighted by atomic mass is 9.79. The van der Waals surface area contributed by atoms with E-state index in [1.54, 1.807) is 32.7 Å². The number of hydrogen-bond donors (Lipinski definition) is 0. The number of nitrogens with zero attached hydrogens (tertiary/aromatic N) is 5. The van der Waals surface area contributed by atoms with Gasteiger partial charge in [-0.05, 0) is 82.5 Å². The fourth-order valence-corrected chi connectivity index (χ4v) is 12.6. The summed E-state index contributed by atoms with van der Waals surface area (Å²) in [5, 5.41) is 18.4. The number of carbonyl (C=O) groups excluding carboxylic acids is 1. The highest BCUT2D eigenvalue weighted by Gasteiger charge is 2.63. The first-order valence-corrected chi connectivity index (χ1v) is 24.8. The molecule has 1 aromatic heterocycles. The second kappa shape index (κ2) is 20.5. The van der Waals surface area contributed by atoms with Crippen LogP contribution in [0, 0.1) is 11.3 Å². The Balaban J connectivity index is 1.01. The van der Waals surface area contributed by atoms with Gasteiger partial charge in [-0.2, -0.15) is 5.26 Å². The first-order valence-electron chi connectivity index (χ1n) is 23.5. The largest absolute Gasteiger partial charge is 0.497 e. The molecule has 3 aromatic carbocycles. The Labute approximate surface area is 402 Å². The van der Waals surface area contributed by atoms with Crippen LogP contribution in [0.2, 0.25) is 0 Å². The molecule has 0 saturated carbocycles. The Morgan fingerprint density at radius 1 is 0.868 bits per heavy atom. The molecule has 4 aliphatic heterocycles. The van der Waals surface area contributed by atoms with Gasteiger partial charge in [-0.1, -0.05) is 59.8 Å². The van der Waals surface area contributed by atoms with Crippen molar-refractivity contribution < 1.29 is 52.0 Å². The molecule has 4 saturated heterocycles. The highest BCUT2D eigenvalue weighted by Crippen LogP contribution is 2.53. The summed E-state index contributed by atoms with van der Waals surface area (Å²) in [5.74, 6) is 1.04. The van der Waals surface area contributed by atoms with Crippen molar-refractivity contribution in [1.82, 2.24) is 19.7 Å². The molecule has 0 amide bonds. The second-order valence-corrected chi connectivity index (χ2v) is 21.1. The summed E-state index contributed by atoms with van der Waals surface area (Å²) in [6.07, 6.45) is 0.287. The predicted molar refractivity (Wildman–Crippen MR) is 258 cm³/mol. The molecule has 4 aliphatic rings. The normalized spacial score (nSPS) is 27.0. The number of carbonyl (C=O) groups is 1. The van der Waals surface area contributed by atoms with Gasteiger partial charge in [-0.25, -0.2) is 4.68 Å². The lowest BCUT2D eigenvalue weighted by Crippen LogP contribution is -2.49. The molecule has 4 bridgehead atoms. The predicted octanol–water partition coefficient (Wildman–Crippen LogP) is 4.49. The maximum Gasteiger partial charge on any atom is 0.314 e. The van der Waals surface area contributed by atoms with Crippen LogP contribution in [0.1, 0.15) is 70.3 Å². The van der Waals surface area contributed by atoms with E-state index in [2.05, 4.69) is 60.9 Å². The van der Waals surface area contributed by atoms with E-state index in [0.29, 0.717) is 12.2 Å². The number of methoxy groups -OCH3 is 2. The molecule has 0 N–H and O–H groups in total. The van der Waals surface area contributed by atoms with Gasteiger partial charge in [0.05, 0.1) is 77.9 Å². The monoisotopic (exact) mass is 951 g/mol. The van der Waals surface area contributed by atoms with Crippen molar-refractivity contribution in [2.45, 2.75) is 132 Å². The molecule has 0 radical (unpaired) electrons. The molecular formula is C49H64B2N5O11P. The van der Waals surface area contributed by atoms with Crippen molar-refractivity contribution in [2.24, 2.45) is 0 Å². The number of benzene rings is 3. The van der Waals surface area contributed by atoms with Gasteiger partial charge in [0, 0.05) is 12.1 Å². The van der Waals surface area contributed by atoms with Gasteiger partial charge in [-0.3, -0.25) is 9.46 Å². The van der Waals surface area contributed by atoms with E-state index in [1.807, 2.05) is 88.6 Å². The molecule has 16 nitrogen and oxygen atoms in total. The number of rotatable bonds is 22. The molecule has 5 unspecified atom stereocenters. The lowest BCUT2D eigenvalue weighted by Gasteiger charge is -2.40. The molecule has 4 fully saturated rings. The van der Waals surface area contributed by atoms with Gasteiger partial charge in [0.2, 0.25) is 0 Å². The average Bonchev–Trinajstić information content (AvgIpc) is 4.10. The number of nitriles is 1. The molecule has 4 aromatic rings. The molecule has 362 valence electrons. The summed E-state index contributed by atoms with van der Waals surface area (Å²) in [7, 11) is 5.76. The van der Waals surface area contributed by atoms with E-state index < -0.39 is 48.9 Å². The van der Waals surface area contributed by atoms with Crippen molar-refractivity contribution in [3.8, 4) is 17.6 Å². The van der Waals surface area contributed by atoms with E-state index in [-0.39, 0.29) is 75.3 Å². The number of esters is 1. The van der Waals surface area contributed by atoms with Crippen molar-refractivity contribution in [3.05, 3.63) is 107 Å². The summed E-state index contributed by atoms with van der Waals surface area (Å²) in [4.78, 5) is 13.5. The SMILES string of the molecule is B[C@@H]1O[C@@]2(COC(c3ccccc3)(c3ccc(OC)cc3)c3ccc(OC)cc3)COC1C2OCc1cn(C[C@]23COC(C2OP(CC(=O)OC(C)(C)CC#N)N(C(C)C)C(C)C)[C@H](B)O3)nn1. The van der Waals surface area contributed by atoms with E-state index in [4.69, 9.17) is 47.2 Å². The minimum atomic E-state index is -1.52. The molecule has 5 heterocycles. The van der Waals surface area contributed by atoms with Gasteiger partial charge in [-0.15, -0.1) is 5.10 Å². The third-order valence-electron chi connectivity index (χ3n) is 13.3. The Morgan fingerprint density at radius 2 is 1.43 bits per heavy atom. The molecule has 8 rings (SSSR count). The van der Waals surface area contributed by atoms with Crippen LogP contribution in [0.3, 0.4) is 0 Å². The van der Waals surface area contributed by atoms with E-state index >= 15 is 0 Å². The number of fused-ring (bicyclic) bond motifs is 4. The molecule has 0 aliphatic carbocycles. The van der Waals surface area contributed by atoms with Crippen LogP contribution in [-0.2, 0) is 61.2 Å². The molecule has 19 heteroatoms. The van der Waals surface area contributed by atoms with Crippen LogP contribution in [0.25, 0.3) is 0 Å². The molecule has 9 atom stereocenters. The topological polar surface area (TPSA) is 167 Å². The van der Waals surface area contributed by atoms with E-state index in [1.165, 1.54) is 0 Å². The van der Waals surface area contributed by atoms with Crippen molar-refractivity contribution in [2.75, 3.05) is 40.2 Å². The zero-order chi connectivity index (χ0) is 48.4. The quantitative estimate of drug-likeness (QED) is 0.0468. The van der Waals surface area contributed by atoms with Crippen LogP contribution in [0.15, 0.2) is 85.1 Å². The minimum Gasteiger partial charge on any atom is -0.497 e. The highest BCUT2D eigenvalue weighted by molar-refractivity contribution is 7.51. The molecule has 68 heavy (non-hydrogen) atoms. The lowest BCUT2D eigenvalue weighted by molar-refractivity contribution is -0.169. The van der Waals surface area contributed by atoms with Crippen molar-refractivity contribution in [3.63, 3.8) is 0 Å². The third kappa shape index (κ3) is 9.97. The fraction of sp³-hybridized carbons (Fsp3) is 0.551. The van der Waals surface area contributed by atoms with Gasteiger partial charge in [0.15, 0.2) is 0 Å². The fourth-order valence-electron chi connectivity index (χ4n) is 10.3. The summed E-state index contributed by atoms with van der Waals surface area (Å²) >= 11 is 0. The zero-order valence-electron chi connectivity index (χ0n) is 40.8. The Morgan fingerprint density at radius 3 is 1.99 bits per heavy atom. The van der Waals surface area contributed by atoms with Gasteiger partial charge in [0.1, 0.15) is 94.2 Å². The number of ether oxygens (including phenoxy) is 9. The van der Waals surface area contributed by atoms with Crippen LogP contribution in [0.4, 0.5) is 0 Å². The van der Waals surface area contributed by atoms with Crippen molar-refractivity contribution >= 4 is 30.0 Å². The number of aromatic nitrogens is 3. The smallest absolute Gasteiger partial charge is 0.314 e. The average molecular weight is 952 g/mol. The summed E-state index contributed by atoms with van der Waals surface area (Å²) in [6, 6.07) is 27.8. The number of hydrogen-bond acceptors (Lipinski definition) is 15. The summed E-state index contributed by atoms with van der Waals surface area (Å²) in [5.41, 5.74) is -0.487. The maximum absolute atomic E-state index is 13.5. The maximum atomic E-state index is 13.5. The van der Waals surface area contributed by atoms with Crippen LogP contribution in [0.5, 0.6) is 11.5 Å². The molecule has 0 spiro atoms. The van der Waals surface area contributed by atoms with Crippen molar-refractivity contribution in [1.29, 1.82) is 5.26 Å². The van der Waals surface area contributed by atoms with E-state index in [0.717, 1.165) is 28.2 Å². The zero-order valence-corrected chi connectivity index (χ0v) is 41.7. The molecular weight excluding hydrogens is 887 g/mol. The van der Waals surface area contributed by atoms with Crippen LogP contribution >= 0.6 is 8.30 Å². The third-order valence-corrected chi connectivity index (χ3v) is 15.7. The minimum absolute atomic E-state index is 0.0238. The van der Waals surface area contributed by atoms with Gasteiger partial charge >= 0.3 is 5.97 Å². The Hall–Kier alpha value is -4.40. The van der Waals surface area contributed by atoms with Crippen LogP contribution in [-0.4, -0.2) is 147 Å². The highest BCUT2D eigenvalue weighted by atomic mass is 31.2. The van der Waals surface area contributed by atoms with Gasteiger partial charge in [0.25, 0.3) is 0 Å².